The first-order valence-electron chi connectivity index (χ1n) is 8.67. The van der Waals surface area contributed by atoms with Crippen LogP contribution in [-0.2, 0) is 0 Å². The van der Waals surface area contributed by atoms with Crippen LogP contribution in [0.25, 0.3) is 0 Å². The third-order valence-electron chi connectivity index (χ3n) is 4.83. The summed E-state index contributed by atoms with van der Waals surface area (Å²) in [5, 5.41) is 6.13. The lowest BCUT2D eigenvalue weighted by Crippen LogP contribution is -2.29. The lowest BCUT2D eigenvalue weighted by Gasteiger charge is -2.31. The summed E-state index contributed by atoms with van der Waals surface area (Å²) in [6, 6.07) is 14.7. The monoisotopic (exact) mass is 380 g/mol. The van der Waals surface area contributed by atoms with Gasteiger partial charge in [0.15, 0.2) is 0 Å². The van der Waals surface area contributed by atoms with E-state index in [2.05, 4.69) is 32.8 Å². The summed E-state index contributed by atoms with van der Waals surface area (Å²) in [6.07, 6.45) is 4.39. The number of aromatic nitrogens is 1. The highest BCUT2D eigenvalue weighted by molar-refractivity contribution is 7.04. The standard InChI is InChI=1S/C20H17ClN4S/c21-17-3-1-2-4-18(17)25-12-22-20(24-15-10-23-26-11-15)16-8-7-14(9-19(16)25)13-5-6-13/h1-4,7-11,13H,5-6,12H2,(H,22,24). The number of anilines is 3. The quantitative estimate of drug-likeness (QED) is 0.639. The van der Waals surface area contributed by atoms with Crippen LogP contribution in [0.5, 0.6) is 0 Å². The predicted molar refractivity (Wildman–Crippen MR) is 109 cm³/mol. The van der Waals surface area contributed by atoms with Gasteiger partial charge in [-0.1, -0.05) is 29.8 Å². The zero-order valence-electron chi connectivity index (χ0n) is 14.0. The van der Waals surface area contributed by atoms with E-state index in [9.17, 15) is 0 Å². The van der Waals surface area contributed by atoms with Crippen molar-refractivity contribution in [1.82, 2.24) is 4.37 Å². The minimum atomic E-state index is 0.532. The van der Waals surface area contributed by atoms with Crippen molar-refractivity contribution in [3.63, 3.8) is 0 Å². The number of amidine groups is 1. The number of fused-ring (bicyclic) bond motifs is 1. The van der Waals surface area contributed by atoms with Gasteiger partial charge in [-0.05, 0) is 60.1 Å². The maximum absolute atomic E-state index is 6.48. The van der Waals surface area contributed by atoms with Crippen LogP contribution in [-0.4, -0.2) is 16.9 Å². The zero-order valence-corrected chi connectivity index (χ0v) is 15.6. The number of nitrogens with one attached hydrogen (secondary N) is 1. The Bertz CT molecular complexity index is 979. The fourth-order valence-electron chi connectivity index (χ4n) is 3.33. The number of rotatable bonds is 3. The first-order chi connectivity index (χ1) is 12.8. The minimum absolute atomic E-state index is 0.532. The fraction of sp³-hybridized carbons (Fsp3) is 0.200. The number of nitrogens with zero attached hydrogens (tertiary/aromatic N) is 3. The number of hydrogen-bond donors (Lipinski definition) is 1. The van der Waals surface area contributed by atoms with Crippen LogP contribution in [0.3, 0.4) is 0 Å². The SMILES string of the molecule is Clc1ccccc1N1CN=C(Nc2cnsc2)c2ccc(C3CC3)cc21. The van der Waals surface area contributed by atoms with Gasteiger partial charge in [0.2, 0.25) is 0 Å². The van der Waals surface area contributed by atoms with Crippen LogP contribution in [0.2, 0.25) is 5.02 Å². The van der Waals surface area contributed by atoms with Crippen molar-refractivity contribution in [3.05, 3.63) is 70.2 Å². The summed E-state index contributed by atoms with van der Waals surface area (Å²) in [7, 11) is 0. The second kappa shape index (κ2) is 6.41. The molecule has 1 aromatic heterocycles. The van der Waals surface area contributed by atoms with E-state index in [1.54, 1.807) is 0 Å². The molecule has 1 N–H and O–H groups in total. The molecule has 0 atom stereocenters. The molecule has 6 heteroatoms. The van der Waals surface area contributed by atoms with Gasteiger partial charge in [0.1, 0.15) is 12.5 Å². The van der Waals surface area contributed by atoms with Crippen molar-refractivity contribution in [2.24, 2.45) is 4.99 Å². The molecule has 2 aromatic carbocycles. The largest absolute Gasteiger partial charge is 0.338 e. The van der Waals surface area contributed by atoms with Gasteiger partial charge in [0, 0.05) is 10.9 Å². The average molecular weight is 381 g/mol. The molecule has 1 saturated carbocycles. The van der Waals surface area contributed by atoms with E-state index in [1.165, 1.54) is 29.9 Å². The van der Waals surface area contributed by atoms with E-state index in [4.69, 9.17) is 16.6 Å². The molecular weight excluding hydrogens is 364 g/mol. The average Bonchev–Trinajstić information content (AvgIpc) is 3.40. The Kier molecular flexibility index (Phi) is 3.91. The third kappa shape index (κ3) is 2.87. The molecule has 2 aliphatic rings. The highest BCUT2D eigenvalue weighted by Gasteiger charge is 2.28. The van der Waals surface area contributed by atoms with Crippen LogP contribution >= 0.6 is 23.1 Å². The molecule has 0 radical (unpaired) electrons. The topological polar surface area (TPSA) is 40.5 Å². The Morgan fingerprint density at radius 3 is 2.77 bits per heavy atom. The summed E-state index contributed by atoms with van der Waals surface area (Å²) in [5.74, 6) is 1.58. The second-order valence-corrected chi connectivity index (χ2v) is 7.68. The van der Waals surface area contributed by atoms with Crippen molar-refractivity contribution in [2.45, 2.75) is 18.8 Å². The number of hydrogen-bond acceptors (Lipinski definition) is 5. The molecule has 2 heterocycles. The van der Waals surface area contributed by atoms with E-state index in [-0.39, 0.29) is 0 Å². The molecule has 0 amide bonds. The maximum atomic E-state index is 6.48. The maximum Gasteiger partial charge on any atom is 0.136 e. The predicted octanol–water partition coefficient (Wildman–Crippen LogP) is 5.64. The third-order valence-corrected chi connectivity index (χ3v) is 5.73. The molecule has 1 fully saturated rings. The Morgan fingerprint density at radius 1 is 1.12 bits per heavy atom. The highest BCUT2D eigenvalue weighted by atomic mass is 35.5. The minimum Gasteiger partial charge on any atom is -0.338 e. The van der Waals surface area contributed by atoms with Gasteiger partial charge in [-0.2, -0.15) is 4.37 Å². The van der Waals surface area contributed by atoms with Crippen molar-refractivity contribution in [3.8, 4) is 0 Å². The van der Waals surface area contributed by atoms with Gasteiger partial charge in [-0.25, -0.2) is 4.99 Å². The summed E-state index contributed by atoms with van der Waals surface area (Å²) >= 11 is 7.91. The Balaban J connectivity index is 1.59. The van der Waals surface area contributed by atoms with E-state index in [0.717, 1.165) is 33.5 Å². The van der Waals surface area contributed by atoms with Crippen molar-refractivity contribution < 1.29 is 0 Å². The summed E-state index contributed by atoms with van der Waals surface area (Å²) in [6.45, 7) is 0.532. The number of para-hydroxylation sites is 1. The van der Waals surface area contributed by atoms with Crippen LogP contribution in [0.15, 0.2) is 59.0 Å². The normalized spacial score (nSPS) is 16.2. The number of benzene rings is 2. The Labute approximate surface area is 161 Å². The molecule has 1 aliphatic carbocycles. The van der Waals surface area contributed by atoms with E-state index in [1.807, 2.05) is 35.8 Å². The molecule has 1 aliphatic heterocycles. The zero-order chi connectivity index (χ0) is 17.5. The molecule has 0 unspecified atom stereocenters. The lowest BCUT2D eigenvalue weighted by molar-refractivity contribution is 0.957. The van der Waals surface area contributed by atoms with Gasteiger partial charge in [-0.15, -0.1) is 0 Å². The van der Waals surface area contributed by atoms with Gasteiger partial charge in [0.25, 0.3) is 0 Å². The van der Waals surface area contributed by atoms with Crippen LogP contribution in [0, 0.1) is 0 Å². The number of aliphatic imine (C=N–C) groups is 1. The molecule has 0 saturated heterocycles. The first kappa shape index (κ1) is 15.9. The highest BCUT2D eigenvalue weighted by Crippen LogP contribution is 2.44. The van der Waals surface area contributed by atoms with E-state index in [0.29, 0.717) is 12.6 Å². The Hall–Kier alpha value is -2.37. The molecule has 130 valence electrons. The molecule has 26 heavy (non-hydrogen) atoms. The molecule has 0 bridgehead atoms. The van der Waals surface area contributed by atoms with Crippen LogP contribution < -0.4 is 10.2 Å². The van der Waals surface area contributed by atoms with E-state index < -0.39 is 0 Å². The van der Waals surface area contributed by atoms with Crippen molar-refractivity contribution in [2.75, 3.05) is 16.9 Å². The summed E-state index contributed by atoms with van der Waals surface area (Å²) in [5.41, 5.74) is 5.61. The lowest BCUT2D eigenvalue weighted by atomic mass is 10.0. The molecule has 5 rings (SSSR count). The van der Waals surface area contributed by atoms with Gasteiger partial charge < -0.3 is 10.2 Å². The van der Waals surface area contributed by atoms with Gasteiger partial charge in [0.05, 0.1) is 28.3 Å². The van der Waals surface area contributed by atoms with Crippen molar-refractivity contribution >= 4 is 46.0 Å². The molecule has 0 spiro atoms. The van der Waals surface area contributed by atoms with Gasteiger partial charge >= 0.3 is 0 Å². The molecule has 3 aromatic rings. The second-order valence-electron chi connectivity index (χ2n) is 6.62. The van der Waals surface area contributed by atoms with Gasteiger partial charge in [-0.3, -0.25) is 0 Å². The van der Waals surface area contributed by atoms with Crippen LogP contribution in [0.4, 0.5) is 17.1 Å². The fourth-order valence-corrected chi connectivity index (χ4v) is 4.04. The molecular formula is C20H17ClN4S. The smallest absolute Gasteiger partial charge is 0.136 e. The number of halogens is 1. The van der Waals surface area contributed by atoms with E-state index >= 15 is 0 Å². The first-order valence-corrected chi connectivity index (χ1v) is 9.88. The van der Waals surface area contributed by atoms with Crippen molar-refractivity contribution in [1.29, 1.82) is 0 Å². The van der Waals surface area contributed by atoms with Crippen LogP contribution in [0.1, 0.15) is 29.9 Å². The molecule has 4 nitrogen and oxygen atoms in total. The summed E-state index contributed by atoms with van der Waals surface area (Å²) < 4.78 is 4.16. The summed E-state index contributed by atoms with van der Waals surface area (Å²) in [4.78, 5) is 6.98. The Morgan fingerprint density at radius 2 is 2.00 bits per heavy atom.